The van der Waals surface area contributed by atoms with E-state index in [1.165, 1.54) is 0 Å². The first-order valence-electron chi connectivity index (χ1n) is 3.21. The van der Waals surface area contributed by atoms with Gasteiger partial charge in [-0.15, -0.1) is 4.31 Å². The Hall–Kier alpha value is -0.230. The molecule has 0 radical (unpaired) electrons. The van der Waals surface area contributed by atoms with Crippen LogP contribution in [0.15, 0.2) is 0 Å². The molecule has 0 aromatic rings. The molecule has 0 aromatic carbocycles. The summed E-state index contributed by atoms with van der Waals surface area (Å²) in [5.41, 5.74) is 0. The fourth-order valence-electron chi connectivity index (χ4n) is 0.712. The second-order valence-electron chi connectivity index (χ2n) is 2.54. The molecule has 0 saturated heterocycles. The van der Waals surface area contributed by atoms with Crippen LogP contribution in [0.25, 0.3) is 0 Å². The summed E-state index contributed by atoms with van der Waals surface area (Å²) in [4.78, 5) is 0. The van der Waals surface area contributed by atoms with E-state index in [4.69, 9.17) is 0 Å². The molecule has 0 N–H and O–H groups in total. The maximum Gasteiger partial charge on any atom is 0.306 e. The van der Waals surface area contributed by atoms with E-state index in [9.17, 15) is 17.2 Å². The number of sulfonamides is 1. The lowest BCUT2D eigenvalue weighted by Crippen LogP contribution is -2.34. The minimum absolute atomic E-state index is 0.130. The first kappa shape index (κ1) is 8.86. The summed E-state index contributed by atoms with van der Waals surface area (Å²) in [7, 11) is -2.78. The normalized spacial score (nSPS) is 19.7. The topological polar surface area (TPSA) is 37.4 Å². The van der Waals surface area contributed by atoms with Crippen molar-refractivity contribution >= 4 is 10.0 Å². The van der Waals surface area contributed by atoms with Crippen molar-refractivity contribution in [3.8, 4) is 0 Å². The van der Waals surface area contributed by atoms with Gasteiger partial charge in [0.1, 0.15) is 0 Å². The van der Waals surface area contributed by atoms with Crippen molar-refractivity contribution in [2.75, 3.05) is 7.05 Å². The highest BCUT2D eigenvalue weighted by Gasteiger charge is 2.41. The fourth-order valence-corrected chi connectivity index (χ4v) is 2.14. The van der Waals surface area contributed by atoms with E-state index >= 15 is 0 Å². The fraction of sp³-hybridized carbons (Fsp3) is 1.00. The van der Waals surface area contributed by atoms with Gasteiger partial charge >= 0.3 is 6.55 Å². The van der Waals surface area contributed by atoms with Gasteiger partial charge in [-0.1, -0.05) is 0 Å². The maximum absolute atomic E-state index is 11.9. The van der Waals surface area contributed by atoms with Gasteiger partial charge in [0.15, 0.2) is 0 Å². The predicted molar refractivity (Wildman–Crippen MR) is 35.7 cm³/mol. The summed E-state index contributed by atoms with van der Waals surface area (Å²) in [5, 5.41) is -0.554. The summed E-state index contributed by atoms with van der Waals surface area (Å²) < 4.78 is 45.8. The molecule has 1 fully saturated rings. The van der Waals surface area contributed by atoms with Crippen LogP contribution < -0.4 is 0 Å². The van der Waals surface area contributed by atoms with E-state index in [2.05, 4.69) is 0 Å². The Morgan fingerprint density at radius 3 is 2.18 bits per heavy atom. The highest BCUT2D eigenvalue weighted by molar-refractivity contribution is 7.90. The Balaban J connectivity index is 2.71. The van der Waals surface area contributed by atoms with Gasteiger partial charge in [0.2, 0.25) is 10.0 Å². The van der Waals surface area contributed by atoms with Crippen LogP contribution >= 0.6 is 0 Å². The Morgan fingerprint density at radius 1 is 1.45 bits per heavy atom. The average Bonchev–Trinajstić information content (AvgIpc) is 2.66. The Morgan fingerprint density at radius 2 is 1.91 bits per heavy atom. The van der Waals surface area contributed by atoms with Gasteiger partial charge in [-0.3, -0.25) is 0 Å². The standard InChI is InChI=1S/C5H9F2NO2S/c1-8(5(6)7)11(9,10)4-2-3-4/h4-5H,2-3H2,1H3. The molecule has 1 saturated carbocycles. The maximum atomic E-state index is 11.9. The van der Waals surface area contributed by atoms with Crippen molar-refractivity contribution in [2.45, 2.75) is 24.6 Å². The lowest BCUT2D eigenvalue weighted by molar-refractivity contribution is 0.0463. The molecule has 0 atom stereocenters. The molecule has 3 nitrogen and oxygen atoms in total. The van der Waals surface area contributed by atoms with Crippen molar-refractivity contribution < 1.29 is 17.2 Å². The molecule has 6 heteroatoms. The van der Waals surface area contributed by atoms with Crippen molar-refractivity contribution in [3.63, 3.8) is 0 Å². The molecule has 1 aliphatic carbocycles. The van der Waals surface area contributed by atoms with Crippen molar-refractivity contribution in [2.24, 2.45) is 0 Å². The monoisotopic (exact) mass is 185 g/mol. The molecule has 0 spiro atoms. The number of rotatable bonds is 3. The highest BCUT2D eigenvalue weighted by Crippen LogP contribution is 2.31. The van der Waals surface area contributed by atoms with Crippen molar-refractivity contribution in [1.82, 2.24) is 4.31 Å². The van der Waals surface area contributed by atoms with E-state index in [-0.39, 0.29) is 4.31 Å². The molecule has 0 amide bonds. The van der Waals surface area contributed by atoms with E-state index in [0.717, 1.165) is 7.05 Å². The van der Waals surface area contributed by atoms with E-state index in [1.54, 1.807) is 0 Å². The van der Waals surface area contributed by atoms with Crippen LogP contribution in [0.4, 0.5) is 8.78 Å². The third-order valence-electron chi connectivity index (χ3n) is 1.62. The molecule has 0 aromatic heterocycles. The molecule has 11 heavy (non-hydrogen) atoms. The third kappa shape index (κ3) is 1.67. The molecule has 1 rings (SSSR count). The van der Waals surface area contributed by atoms with Gasteiger partial charge < -0.3 is 0 Å². The van der Waals surface area contributed by atoms with Crippen LogP contribution in [0.1, 0.15) is 12.8 Å². The summed E-state index contributed by atoms with van der Waals surface area (Å²) in [5.74, 6) is 0. The van der Waals surface area contributed by atoms with E-state index in [0.29, 0.717) is 12.8 Å². The average molecular weight is 185 g/mol. The van der Waals surface area contributed by atoms with Crippen LogP contribution in [-0.2, 0) is 10.0 Å². The first-order valence-corrected chi connectivity index (χ1v) is 4.71. The van der Waals surface area contributed by atoms with Gasteiger partial charge in [-0.05, 0) is 12.8 Å². The van der Waals surface area contributed by atoms with Gasteiger partial charge in [0.05, 0.1) is 5.25 Å². The van der Waals surface area contributed by atoms with Gasteiger partial charge in [0, 0.05) is 7.05 Å². The number of hydrogen-bond acceptors (Lipinski definition) is 2. The number of alkyl halides is 2. The van der Waals surface area contributed by atoms with Crippen molar-refractivity contribution in [1.29, 1.82) is 0 Å². The predicted octanol–water partition coefficient (Wildman–Crippen LogP) is 0.633. The van der Waals surface area contributed by atoms with Gasteiger partial charge in [0.25, 0.3) is 0 Å². The molecule has 66 valence electrons. The van der Waals surface area contributed by atoms with Gasteiger partial charge in [-0.2, -0.15) is 8.78 Å². The lowest BCUT2D eigenvalue weighted by Gasteiger charge is -2.14. The molecular weight excluding hydrogens is 176 g/mol. The largest absolute Gasteiger partial charge is 0.306 e. The number of halogens is 2. The van der Waals surface area contributed by atoms with Crippen molar-refractivity contribution in [3.05, 3.63) is 0 Å². The lowest BCUT2D eigenvalue weighted by atomic mass is 11.0. The zero-order valence-corrected chi connectivity index (χ0v) is 6.81. The first-order chi connectivity index (χ1) is 4.96. The summed E-state index contributed by atoms with van der Waals surface area (Å²) in [6.45, 7) is -2.92. The molecular formula is C5H9F2NO2S. The Labute approximate surface area is 64.0 Å². The summed E-state index contributed by atoms with van der Waals surface area (Å²) in [6.07, 6.45) is 1.03. The third-order valence-corrected chi connectivity index (χ3v) is 3.90. The second kappa shape index (κ2) is 2.67. The second-order valence-corrected chi connectivity index (χ2v) is 4.81. The zero-order chi connectivity index (χ0) is 8.65. The van der Waals surface area contributed by atoms with Crippen LogP contribution in [0.2, 0.25) is 0 Å². The van der Waals surface area contributed by atoms with Crippen LogP contribution in [0.5, 0.6) is 0 Å². The van der Waals surface area contributed by atoms with Gasteiger partial charge in [-0.25, -0.2) is 8.42 Å². The zero-order valence-electron chi connectivity index (χ0n) is 6.00. The number of nitrogens with zero attached hydrogens (tertiary/aromatic N) is 1. The minimum atomic E-state index is -3.68. The Kier molecular flexibility index (Phi) is 2.15. The molecule has 0 heterocycles. The molecule has 0 bridgehead atoms. The highest BCUT2D eigenvalue weighted by atomic mass is 32.2. The molecule has 0 unspecified atom stereocenters. The molecule has 0 aliphatic heterocycles. The summed E-state index contributed by atoms with van der Waals surface area (Å²) in [6, 6.07) is 0. The smallest absolute Gasteiger partial charge is 0.212 e. The van der Waals surface area contributed by atoms with E-state index < -0.39 is 21.8 Å². The van der Waals surface area contributed by atoms with E-state index in [1.807, 2.05) is 0 Å². The number of hydrogen-bond donors (Lipinski definition) is 0. The van der Waals surface area contributed by atoms with Crippen LogP contribution in [0, 0.1) is 0 Å². The summed E-state index contributed by atoms with van der Waals surface area (Å²) >= 11 is 0. The van der Waals surface area contributed by atoms with Crippen LogP contribution in [-0.4, -0.2) is 31.6 Å². The SMILES string of the molecule is CN(C(F)F)S(=O)(=O)C1CC1. The molecule has 1 aliphatic rings. The van der Waals surface area contributed by atoms with Crippen LogP contribution in [0.3, 0.4) is 0 Å². The minimum Gasteiger partial charge on any atom is -0.212 e. The Bertz CT molecular complexity index is 235. The quantitative estimate of drug-likeness (QED) is 0.605.